The predicted molar refractivity (Wildman–Crippen MR) is 106 cm³/mol. The molecule has 0 radical (unpaired) electrons. The minimum atomic E-state index is -1.06. The third-order valence-corrected chi connectivity index (χ3v) is 4.55. The fourth-order valence-corrected chi connectivity index (χ4v) is 3.09. The monoisotopic (exact) mass is 389 g/mol. The molecule has 0 unspecified atom stereocenters. The van der Waals surface area contributed by atoms with Crippen molar-refractivity contribution in [2.24, 2.45) is 0 Å². The first kappa shape index (κ1) is 21.5. The van der Waals surface area contributed by atoms with Gasteiger partial charge in [0.25, 0.3) is 5.91 Å². The van der Waals surface area contributed by atoms with Crippen LogP contribution in [0.25, 0.3) is 11.0 Å². The van der Waals surface area contributed by atoms with Crippen LogP contribution in [0.2, 0.25) is 0 Å². The third kappa shape index (κ3) is 5.34. The van der Waals surface area contributed by atoms with E-state index in [1.165, 1.54) is 6.07 Å². The highest BCUT2D eigenvalue weighted by molar-refractivity contribution is 5.86. The molecule has 0 spiro atoms. The molecule has 7 nitrogen and oxygen atoms in total. The summed E-state index contributed by atoms with van der Waals surface area (Å²) in [6, 6.07) is 4.12. The topological polar surface area (TPSA) is 106 Å². The van der Waals surface area contributed by atoms with Crippen LogP contribution in [0, 0.1) is 6.92 Å². The predicted octanol–water partition coefficient (Wildman–Crippen LogP) is 3.19. The standard InChI is InChI=1S/C21H27NO6/c1-4-6-8-16(21(25)26)22-18(23)12-27-17-10-9-15-14(7-5-2)11-19(24)28-20(15)13(17)3/h9-11,16H,4-8,12H2,1-3H3,(H,22,23)(H,25,26)/t16-/m0/s1. The molecule has 0 saturated carbocycles. The summed E-state index contributed by atoms with van der Waals surface area (Å²) in [5.41, 5.74) is 1.57. The number of aliphatic carboxylic acids is 1. The second-order valence-corrected chi connectivity index (χ2v) is 6.80. The number of aryl methyl sites for hydroxylation is 2. The van der Waals surface area contributed by atoms with E-state index in [9.17, 15) is 19.5 Å². The molecule has 2 rings (SSSR count). The Bertz CT molecular complexity index is 902. The van der Waals surface area contributed by atoms with Gasteiger partial charge in [-0.05, 0) is 37.5 Å². The average Bonchev–Trinajstić information content (AvgIpc) is 2.65. The van der Waals surface area contributed by atoms with E-state index in [1.54, 1.807) is 13.0 Å². The Morgan fingerprint density at radius 3 is 2.64 bits per heavy atom. The molecule has 28 heavy (non-hydrogen) atoms. The number of carbonyl (C=O) groups is 2. The van der Waals surface area contributed by atoms with Gasteiger partial charge >= 0.3 is 11.6 Å². The Labute approximate surface area is 163 Å². The second-order valence-electron chi connectivity index (χ2n) is 6.80. The molecule has 0 aliphatic carbocycles. The summed E-state index contributed by atoms with van der Waals surface area (Å²) in [6.45, 7) is 5.43. The molecule has 0 aliphatic heterocycles. The highest BCUT2D eigenvalue weighted by atomic mass is 16.5. The number of fused-ring (bicyclic) bond motifs is 1. The summed E-state index contributed by atoms with van der Waals surface area (Å²) in [5.74, 6) is -1.15. The van der Waals surface area contributed by atoms with E-state index in [2.05, 4.69) is 5.32 Å². The maximum absolute atomic E-state index is 12.1. The Morgan fingerprint density at radius 2 is 2.00 bits per heavy atom. The summed E-state index contributed by atoms with van der Waals surface area (Å²) < 4.78 is 10.9. The fourth-order valence-electron chi connectivity index (χ4n) is 3.09. The second kappa shape index (κ2) is 9.92. The van der Waals surface area contributed by atoms with Crippen molar-refractivity contribution in [3.8, 4) is 5.75 Å². The smallest absolute Gasteiger partial charge is 0.336 e. The SMILES string of the molecule is CCCC[C@H](NC(=O)COc1ccc2c(CCC)cc(=O)oc2c1C)C(=O)O. The zero-order valence-electron chi connectivity index (χ0n) is 16.5. The number of carbonyl (C=O) groups excluding carboxylic acids is 1. The van der Waals surface area contributed by atoms with Crippen LogP contribution in [0.5, 0.6) is 5.75 Å². The minimum absolute atomic E-state index is 0.318. The van der Waals surface area contributed by atoms with Crippen LogP contribution < -0.4 is 15.7 Å². The summed E-state index contributed by atoms with van der Waals surface area (Å²) in [5, 5.41) is 12.5. The van der Waals surface area contributed by atoms with Crippen LogP contribution in [0.4, 0.5) is 0 Å². The van der Waals surface area contributed by atoms with Gasteiger partial charge in [-0.2, -0.15) is 0 Å². The lowest BCUT2D eigenvalue weighted by Crippen LogP contribution is -2.42. The molecule has 0 aliphatic rings. The minimum Gasteiger partial charge on any atom is -0.483 e. The lowest BCUT2D eigenvalue weighted by molar-refractivity contribution is -0.142. The van der Waals surface area contributed by atoms with Gasteiger partial charge in [-0.25, -0.2) is 9.59 Å². The van der Waals surface area contributed by atoms with E-state index in [0.29, 0.717) is 29.7 Å². The van der Waals surface area contributed by atoms with E-state index in [-0.39, 0.29) is 6.61 Å². The van der Waals surface area contributed by atoms with Crippen LogP contribution in [0.3, 0.4) is 0 Å². The van der Waals surface area contributed by atoms with Crippen molar-refractivity contribution in [3.05, 3.63) is 39.7 Å². The normalized spacial score (nSPS) is 12.0. The van der Waals surface area contributed by atoms with Gasteiger partial charge in [-0.15, -0.1) is 0 Å². The first-order chi connectivity index (χ1) is 13.4. The van der Waals surface area contributed by atoms with E-state index in [4.69, 9.17) is 9.15 Å². The molecule has 1 aromatic heterocycles. The molecule has 2 N–H and O–H groups in total. The zero-order valence-corrected chi connectivity index (χ0v) is 16.5. The summed E-state index contributed by atoms with van der Waals surface area (Å²) in [4.78, 5) is 35.2. The van der Waals surface area contributed by atoms with Gasteiger partial charge in [-0.1, -0.05) is 33.1 Å². The van der Waals surface area contributed by atoms with Crippen LogP contribution in [0.1, 0.15) is 50.7 Å². The van der Waals surface area contributed by atoms with Crippen molar-refractivity contribution < 1.29 is 23.8 Å². The molecule has 0 saturated heterocycles. The van der Waals surface area contributed by atoms with Gasteiger partial charge in [0, 0.05) is 17.0 Å². The van der Waals surface area contributed by atoms with Crippen LogP contribution in [-0.4, -0.2) is 29.6 Å². The molecule has 1 amide bonds. The molecular formula is C21H27NO6. The molecule has 0 bridgehead atoms. The molecule has 152 valence electrons. The van der Waals surface area contributed by atoms with Crippen LogP contribution >= 0.6 is 0 Å². The van der Waals surface area contributed by atoms with Gasteiger partial charge < -0.3 is 19.6 Å². The molecule has 1 aromatic carbocycles. The van der Waals surface area contributed by atoms with Gasteiger partial charge in [0.2, 0.25) is 0 Å². The molecule has 7 heteroatoms. The maximum atomic E-state index is 12.1. The molecule has 1 heterocycles. The number of rotatable bonds is 10. The first-order valence-electron chi connectivity index (χ1n) is 9.58. The number of carboxylic acids is 1. The Kier molecular flexibility index (Phi) is 7.61. The lowest BCUT2D eigenvalue weighted by Gasteiger charge is -2.15. The lowest BCUT2D eigenvalue weighted by atomic mass is 10.0. The van der Waals surface area contributed by atoms with Gasteiger partial charge in [0.15, 0.2) is 6.61 Å². The van der Waals surface area contributed by atoms with E-state index >= 15 is 0 Å². The number of ether oxygens (including phenoxy) is 1. The average molecular weight is 389 g/mol. The number of carboxylic acid groups (broad SMARTS) is 1. The largest absolute Gasteiger partial charge is 0.483 e. The summed E-state index contributed by atoms with van der Waals surface area (Å²) >= 11 is 0. The van der Waals surface area contributed by atoms with Crippen molar-refractivity contribution in [2.45, 2.75) is 58.9 Å². The Hall–Kier alpha value is -2.83. The van der Waals surface area contributed by atoms with Gasteiger partial charge in [-0.3, -0.25) is 4.79 Å². The third-order valence-electron chi connectivity index (χ3n) is 4.55. The molecule has 2 aromatic rings. The van der Waals surface area contributed by atoms with Crippen molar-refractivity contribution in [3.63, 3.8) is 0 Å². The van der Waals surface area contributed by atoms with Crippen molar-refractivity contribution in [1.29, 1.82) is 0 Å². The van der Waals surface area contributed by atoms with Crippen molar-refractivity contribution in [1.82, 2.24) is 5.32 Å². The van der Waals surface area contributed by atoms with E-state index < -0.39 is 23.5 Å². The quantitative estimate of drug-likeness (QED) is 0.605. The zero-order chi connectivity index (χ0) is 20.7. The fraction of sp³-hybridized carbons (Fsp3) is 0.476. The van der Waals surface area contributed by atoms with Crippen LogP contribution in [-0.2, 0) is 16.0 Å². The molecular weight excluding hydrogens is 362 g/mol. The van der Waals surface area contributed by atoms with Gasteiger partial charge in [0.05, 0.1) is 0 Å². The maximum Gasteiger partial charge on any atom is 0.336 e. The Balaban J connectivity index is 2.14. The van der Waals surface area contributed by atoms with E-state index in [1.807, 2.05) is 19.9 Å². The highest BCUT2D eigenvalue weighted by Gasteiger charge is 2.20. The highest BCUT2D eigenvalue weighted by Crippen LogP contribution is 2.28. The number of unbranched alkanes of at least 4 members (excludes halogenated alkanes) is 1. The summed E-state index contributed by atoms with van der Waals surface area (Å²) in [7, 11) is 0. The number of nitrogens with one attached hydrogen (secondary N) is 1. The first-order valence-corrected chi connectivity index (χ1v) is 9.58. The van der Waals surface area contributed by atoms with Crippen molar-refractivity contribution >= 4 is 22.8 Å². The van der Waals surface area contributed by atoms with Crippen LogP contribution in [0.15, 0.2) is 27.4 Å². The van der Waals surface area contributed by atoms with Gasteiger partial charge in [0.1, 0.15) is 17.4 Å². The molecule has 0 fully saturated rings. The summed E-state index contributed by atoms with van der Waals surface area (Å²) in [6.07, 6.45) is 3.59. The molecule has 1 atom stereocenters. The number of hydrogen-bond acceptors (Lipinski definition) is 5. The van der Waals surface area contributed by atoms with E-state index in [0.717, 1.165) is 30.2 Å². The number of amides is 1. The number of hydrogen-bond donors (Lipinski definition) is 2. The number of benzene rings is 1. The van der Waals surface area contributed by atoms with Crippen molar-refractivity contribution in [2.75, 3.05) is 6.61 Å². The Morgan fingerprint density at radius 1 is 1.25 bits per heavy atom.